The van der Waals surface area contributed by atoms with Crippen LogP contribution in [0, 0.1) is 12.8 Å². The maximum atomic E-state index is 4.22. The van der Waals surface area contributed by atoms with Crippen LogP contribution in [0.1, 0.15) is 168 Å². The Bertz CT molecular complexity index is 257. The van der Waals surface area contributed by atoms with Crippen LogP contribution in [0.2, 0.25) is 0 Å². The molecule has 0 amide bonds. The van der Waals surface area contributed by atoms with E-state index in [0.717, 1.165) is 12.3 Å². The highest BCUT2D eigenvalue weighted by Gasteiger charge is 2.06. The average Bonchev–Trinajstić information content (AvgIpc) is 2.71. The molecule has 0 aliphatic carbocycles. The molecule has 0 nitrogen and oxygen atoms in total. The van der Waals surface area contributed by atoms with E-state index in [1.807, 2.05) is 0 Å². The van der Waals surface area contributed by atoms with Crippen molar-refractivity contribution >= 4 is 0 Å². The summed E-state index contributed by atoms with van der Waals surface area (Å²) in [5.41, 5.74) is 0. The summed E-state index contributed by atoms with van der Waals surface area (Å²) in [6.45, 7) is 8.82. The zero-order chi connectivity index (χ0) is 20.5. The van der Waals surface area contributed by atoms with E-state index in [9.17, 15) is 0 Å². The lowest BCUT2D eigenvalue weighted by molar-refractivity contribution is 0.404. The molecule has 0 heterocycles. The van der Waals surface area contributed by atoms with Gasteiger partial charge in [0.1, 0.15) is 0 Å². The van der Waals surface area contributed by atoms with E-state index >= 15 is 0 Å². The van der Waals surface area contributed by atoms with Crippen molar-refractivity contribution in [3.05, 3.63) is 6.92 Å². The first kappa shape index (κ1) is 28.0. The van der Waals surface area contributed by atoms with Crippen LogP contribution in [0.3, 0.4) is 0 Å². The maximum Gasteiger partial charge on any atom is -0.0414 e. The van der Waals surface area contributed by atoms with Gasteiger partial charge in [-0.3, -0.25) is 0 Å². The van der Waals surface area contributed by atoms with E-state index in [4.69, 9.17) is 0 Å². The predicted molar refractivity (Wildman–Crippen MR) is 131 cm³/mol. The third-order valence-corrected chi connectivity index (χ3v) is 6.59. The Balaban J connectivity index is 3.27. The molecule has 0 bridgehead atoms. The van der Waals surface area contributed by atoms with E-state index in [1.54, 1.807) is 0 Å². The fourth-order valence-corrected chi connectivity index (χ4v) is 4.45. The fourth-order valence-electron chi connectivity index (χ4n) is 4.45. The van der Waals surface area contributed by atoms with Gasteiger partial charge in [-0.2, -0.15) is 0 Å². The smallest absolute Gasteiger partial charge is 0.0414 e. The molecule has 0 saturated heterocycles. The lowest BCUT2D eigenvalue weighted by atomic mass is 9.92. The van der Waals surface area contributed by atoms with Gasteiger partial charge < -0.3 is 0 Å². The van der Waals surface area contributed by atoms with Crippen LogP contribution in [-0.4, -0.2) is 0 Å². The van der Waals surface area contributed by atoms with Crippen molar-refractivity contribution in [2.24, 2.45) is 5.92 Å². The van der Waals surface area contributed by atoms with Gasteiger partial charge in [0.2, 0.25) is 0 Å². The highest BCUT2D eigenvalue weighted by molar-refractivity contribution is 4.62. The van der Waals surface area contributed by atoms with Crippen molar-refractivity contribution < 1.29 is 0 Å². The van der Waals surface area contributed by atoms with Crippen molar-refractivity contribution in [2.75, 3.05) is 0 Å². The van der Waals surface area contributed by atoms with E-state index in [0.29, 0.717) is 0 Å². The molecule has 0 saturated carbocycles. The summed E-state index contributed by atoms with van der Waals surface area (Å²) < 4.78 is 0. The van der Waals surface area contributed by atoms with Gasteiger partial charge in [-0.25, -0.2) is 0 Å². The molecule has 0 aromatic rings. The minimum Gasteiger partial charge on any atom is -0.0654 e. The monoisotopic (exact) mass is 393 g/mol. The number of hydrogen-bond donors (Lipinski definition) is 0. The Morgan fingerprint density at radius 1 is 0.393 bits per heavy atom. The van der Waals surface area contributed by atoms with Crippen LogP contribution in [0.25, 0.3) is 0 Å². The second-order valence-electron chi connectivity index (χ2n) is 9.45. The highest BCUT2D eigenvalue weighted by atomic mass is 14.1. The van der Waals surface area contributed by atoms with Crippen LogP contribution >= 0.6 is 0 Å². The van der Waals surface area contributed by atoms with Crippen molar-refractivity contribution in [3.8, 4) is 0 Å². The van der Waals surface area contributed by atoms with Crippen LogP contribution < -0.4 is 0 Å². The van der Waals surface area contributed by atoms with Crippen LogP contribution in [-0.2, 0) is 0 Å². The summed E-state index contributed by atoms with van der Waals surface area (Å²) in [6, 6.07) is 0. The van der Waals surface area contributed by atoms with E-state index < -0.39 is 0 Å². The molecule has 0 heteroatoms. The Hall–Kier alpha value is 0. The van der Waals surface area contributed by atoms with Gasteiger partial charge in [0, 0.05) is 0 Å². The third kappa shape index (κ3) is 22.3. The summed E-state index contributed by atoms with van der Waals surface area (Å²) >= 11 is 0. The van der Waals surface area contributed by atoms with Gasteiger partial charge in [-0.15, -0.1) is 0 Å². The molecule has 1 atom stereocenters. The van der Waals surface area contributed by atoms with E-state index in [2.05, 4.69) is 20.8 Å². The number of unbranched alkanes of at least 4 members (excludes halogenated alkanes) is 19. The van der Waals surface area contributed by atoms with Crippen LogP contribution in [0.5, 0.6) is 0 Å². The topological polar surface area (TPSA) is 0 Å². The first-order valence-corrected chi connectivity index (χ1v) is 13.6. The van der Waals surface area contributed by atoms with Gasteiger partial charge in [0.05, 0.1) is 0 Å². The second-order valence-corrected chi connectivity index (χ2v) is 9.45. The minimum absolute atomic E-state index is 0.910. The van der Waals surface area contributed by atoms with Gasteiger partial charge in [0.25, 0.3) is 0 Å². The Kier molecular flexibility index (Phi) is 25.0. The van der Waals surface area contributed by atoms with E-state index in [1.165, 1.54) is 148 Å². The highest BCUT2D eigenvalue weighted by Crippen LogP contribution is 2.22. The maximum absolute atomic E-state index is 4.22. The molecule has 0 fully saturated rings. The second kappa shape index (κ2) is 25.0. The first-order valence-electron chi connectivity index (χ1n) is 13.6. The molecule has 0 aliphatic rings. The normalized spacial score (nSPS) is 12.5. The molecule has 169 valence electrons. The predicted octanol–water partition coefficient (Wildman–Crippen LogP) is 10.8. The molecule has 28 heavy (non-hydrogen) atoms. The molecule has 0 spiro atoms. The SMILES string of the molecule is [CH2]CC(CCCCCCCCCCCC)CCCCCCCCCCCCC. The number of hydrogen-bond acceptors (Lipinski definition) is 0. The summed E-state index contributed by atoms with van der Waals surface area (Å²) in [5, 5.41) is 0. The van der Waals surface area contributed by atoms with Crippen molar-refractivity contribution in [1.82, 2.24) is 0 Å². The molecule has 0 rings (SSSR count). The zero-order valence-electron chi connectivity index (χ0n) is 20.3. The Morgan fingerprint density at radius 2 is 0.643 bits per heavy atom. The summed E-state index contributed by atoms with van der Waals surface area (Å²) in [4.78, 5) is 0. The van der Waals surface area contributed by atoms with Crippen molar-refractivity contribution in [1.29, 1.82) is 0 Å². The standard InChI is InChI=1S/C28H57/c1-4-7-9-11-13-15-17-19-21-23-25-27-28(6-3)26-24-22-20-18-16-14-12-10-8-5-2/h28H,3-27H2,1-2H3. The van der Waals surface area contributed by atoms with Crippen molar-refractivity contribution in [2.45, 2.75) is 168 Å². The molecule has 1 radical (unpaired) electrons. The van der Waals surface area contributed by atoms with Crippen LogP contribution in [0.4, 0.5) is 0 Å². The van der Waals surface area contributed by atoms with Gasteiger partial charge in [-0.05, 0) is 5.92 Å². The Labute approximate surface area is 181 Å². The fraction of sp³-hybridized carbons (Fsp3) is 0.964. The lowest BCUT2D eigenvalue weighted by Gasteiger charge is -2.14. The third-order valence-electron chi connectivity index (χ3n) is 6.59. The average molecular weight is 394 g/mol. The van der Waals surface area contributed by atoms with Gasteiger partial charge in [0.15, 0.2) is 0 Å². The van der Waals surface area contributed by atoms with Crippen molar-refractivity contribution in [3.63, 3.8) is 0 Å². The molecule has 1 unspecified atom stereocenters. The molecular formula is C28H57. The Morgan fingerprint density at radius 3 is 0.893 bits per heavy atom. The molecular weight excluding hydrogens is 336 g/mol. The van der Waals surface area contributed by atoms with E-state index in [-0.39, 0.29) is 0 Å². The quantitative estimate of drug-likeness (QED) is 0.143. The largest absolute Gasteiger partial charge is 0.0654 e. The summed E-state index contributed by atoms with van der Waals surface area (Å²) in [6.07, 6.45) is 34.6. The van der Waals surface area contributed by atoms with Gasteiger partial charge in [-0.1, -0.05) is 175 Å². The zero-order valence-corrected chi connectivity index (χ0v) is 20.3. The molecule has 0 aromatic carbocycles. The molecule has 0 aliphatic heterocycles. The summed E-state index contributed by atoms with van der Waals surface area (Å²) in [7, 11) is 0. The van der Waals surface area contributed by atoms with Crippen LogP contribution in [0.15, 0.2) is 0 Å². The minimum atomic E-state index is 0.910. The molecule has 0 aromatic heterocycles. The molecule has 0 N–H and O–H groups in total. The number of rotatable bonds is 24. The van der Waals surface area contributed by atoms with Gasteiger partial charge >= 0.3 is 0 Å². The lowest BCUT2D eigenvalue weighted by Crippen LogP contribution is -1.99. The summed E-state index contributed by atoms with van der Waals surface area (Å²) in [5.74, 6) is 0.910. The first-order chi connectivity index (χ1) is 13.8.